The van der Waals surface area contributed by atoms with E-state index in [9.17, 15) is 4.79 Å². The van der Waals surface area contributed by atoms with Crippen LogP contribution in [0.15, 0.2) is 60.7 Å². The minimum Gasteiger partial charge on any atom is -0.483 e. The molecule has 116 valence electrons. The first kappa shape index (κ1) is 15.0. The van der Waals surface area contributed by atoms with Crippen molar-refractivity contribution >= 4 is 16.7 Å². The number of nitrogens with zero attached hydrogens (tertiary/aromatic N) is 1. The largest absolute Gasteiger partial charge is 0.483 e. The molecule has 3 rings (SSSR count). The number of pyridine rings is 1. The molecule has 0 aliphatic rings. The number of carbonyl (C=O) groups excluding carboxylic acids is 1. The second-order valence-corrected chi connectivity index (χ2v) is 5.29. The van der Waals surface area contributed by atoms with Gasteiger partial charge in [-0.3, -0.25) is 4.79 Å². The number of benzene rings is 2. The molecule has 1 aromatic heterocycles. The number of para-hydroxylation sites is 1. The highest BCUT2D eigenvalue weighted by molar-refractivity contribution is 5.80. The third-order valence-corrected chi connectivity index (χ3v) is 3.50. The van der Waals surface area contributed by atoms with Crippen molar-refractivity contribution in [1.29, 1.82) is 0 Å². The zero-order valence-corrected chi connectivity index (χ0v) is 13.0. The maximum atomic E-state index is 11.2. The van der Waals surface area contributed by atoms with Crippen LogP contribution in [0.25, 0.3) is 10.9 Å². The third kappa shape index (κ3) is 3.66. The molecule has 4 nitrogen and oxygen atoms in total. The molecule has 23 heavy (non-hydrogen) atoms. The zero-order valence-electron chi connectivity index (χ0n) is 13.0. The molecule has 4 heteroatoms. The number of carbonyl (C=O) groups is 1. The van der Waals surface area contributed by atoms with Crippen molar-refractivity contribution in [2.45, 2.75) is 20.0 Å². The summed E-state index contributed by atoms with van der Waals surface area (Å²) in [7, 11) is 0. The lowest BCUT2D eigenvalue weighted by Crippen LogP contribution is -2.20. The van der Waals surface area contributed by atoms with Gasteiger partial charge in [-0.25, -0.2) is 4.98 Å². The van der Waals surface area contributed by atoms with Gasteiger partial charge in [0.25, 0.3) is 0 Å². The van der Waals surface area contributed by atoms with E-state index in [1.807, 2.05) is 36.4 Å². The Kier molecular flexibility index (Phi) is 4.24. The average molecular weight is 307 g/mol. The van der Waals surface area contributed by atoms with Crippen LogP contribution in [0.2, 0.25) is 0 Å². The van der Waals surface area contributed by atoms with Crippen LogP contribution in [0.5, 0.6) is 17.4 Å². The minimum atomic E-state index is -0.455. The highest BCUT2D eigenvalue weighted by Crippen LogP contribution is 2.24. The van der Waals surface area contributed by atoms with Crippen LogP contribution in [0.3, 0.4) is 0 Å². The Morgan fingerprint density at radius 1 is 0.957 bits per heavy atom. The summed E-state index contributed by atoms with van der Waals surface area (Å²) < 4.78 is 11.3. The van der Waals surface area contributed by atoms with Gasteiger partial charge in [-0.2, -0.15) is 0 Å². The van der Waals surface area contributed by atoms with E-state index >= 15 is 0 Å². The predicted octanol–water partition coefficient (Wildman–Crippen LogP) is 4.38. The van der Waals surface area contributed by atoms with Crippen LogP contribution in [-0.2, 0) is 4.79 Å². The summed E-state index contributed by atoms with van der Waals surface area (Å²) in [4.78, 5) is 15.7. The second kappa shape index (κ2) is 6.48. The standard InChI is InChI=1S/C19H17NO3/c1-13(21)14(2)22-16-8-10-17(11-9-16)23-19-12-7-15-5-3-4-6-18(15)20-19/h3-12,14H,1-2H3. The van der Waals surface area contributed by atoms with Crippen LogP contribution in [0, 0.1) is 0 Å². The number of ether oxygens (including phenoxy) is 2. The van der Waals surface area contributed by atoms with Gasteiger partial charge in [-0.05, 0) is 50.2 Å². The fraction of sp³-hybridized carbons (Fsp3) is 0.158. The highest BCUT2D eigenvalue weighted by atomic mass is 16.5. The number of hydrogen-bond donors (Lipinski definition) is 0. The molecule has 3 aromatic rings. The number of rotatable bonds is 5. The van der Waals surface area contributed by atoms with Gasteiger partial charge in [0.1, 0.15) is 11.5 Å². The number of aromatic nitrogens is 1. The second-order valence-electron chi connectivity index (χ2n) is 5.29. The summed E-state index contributed by atoms with van der Waals surface area (Å²) in [6, 6.07) is 18.8. The van der Waals surface area contributed by atoms with Crippen molar-refractivity contribution in [3.63, 3.8) is 0 Å². The summed E-state index contributed by atoms with van der Waals surface area (Å²) >= 11 is 0. The van der Waals surface area contributed by atoms with Gasteiger partial charge < -0.3 is 9.47 Å². The van der Waals surface area contributed by atoms with Crippen molar-refractivity contribution in [2.24, 2.45) is 0 Å². The van der Waals surface area contributed by atoms with E-state index in [0.29, 0.717) is 17.4 Å². The van der Waals surface area contributed by atoms with Crippen molar-refractivity contribution in [3.05, 3.63) is 60.7 Å². The third-order valence-electron chi connectivity index (χ3n) is 3.50. The Morgan fingerprint density at radius 2 is 1.65 bits per heavy atom. The first-order valence-corrected chi connectivity index (χ1v) is 7.42. The molecule has 0 radical (unpaired) electrons. The summed E-state index contributed by atoms with van der Waals surface area (Å²) in [6.45, 7) is 3.24. The van der Waals surface area contributed by atoms with E-state index < -0.39 is 6.10 Å². The van der Waals surface area contributed by atoms with E-state index in [4.69, 9.17) is 9.47 Å². The van der Waals surface area contributed by atoms with Gasteiger partial charge >= 0.3 is 0 Å². The number of ketones is 1. The van der Waals surface area contributed by atoms with Crippen LogP contribution >= 0.6 is 0 Å². The lowest BCUT2D eigenvalue weighted by molar-refractivity contribution is -0.122. The van der Waals surface area contributed by atoms with Gasteiger partial charge in [0.15, 0.2) is 11.9 Å². The maximum absolute atomic E-state index is 11.2. The molecular formula is C19H17NO3. The smallest absolute Gasteiger partial charge is 0.219 e. The Balaban J connectivity index is 1.73. The molecule has 0 amide bonds. The van der Waals surface area contributed by atoms with E-state index in [0.717, 1.165) is 10.9 Å². The summed E-state index contributed by atoms with van der Waals surface area (Å²) in [5.74, 6) is 1.82. The quantitative estimate of drug-likeness (QED) is 0.701. The molecule has 0 saturated heterocycles. The number of Topliss-reactive ketones (excluding diaryl/α,β-unsaturated/α-hetero) is 1. The van der Waals surface area contributed by atoms with Crippen molar-refractivity contribution in [2.75, 3.05) is 0 Å². The topological polar surface area (TPSA) is 48.4 Å². The van der Waals surface area contributed by atoms with Crippen molar-refractivity contribution < 1.29 is 14.3 Å². The molecule has 0 aliphatic carbocycles. The lowest BCUT2D eigenvalue weighted by Gasteiger charge is -2.12. The van der Waals surface area contributed by atoms with Crippen molar-refractivity contribution in [1.82, 2.24) is 4.98 Å². The maximum Gasteiger partial charge on any atom is 0.219 e. The zero-order chi connectivity index (χ0) is 16.2. The normalized spacial score (nSPS) is 11.9. The van der Waals surface area contributed by atoms with Gasteiger partial charge in [0, 0.05) is 11.5 Å². The number of fused-ring (bicyclic) bond motifs is 1. The van der Waals surface area contributed by atoms with Gasteiger partial charge in [0.2, 0.25) is 5.88 Å². The van der Waals surface area contributed by atoms with Crippen molar-refractivity contribution in [3.8, 4) is 17.4 Å². The van der Waals surface area contributed by atoms with E-state index in [2.05, 4.69) is 4.98 Å². The van der Waals surface area contributed by atoms with E-state index in [1.165, 1.54) is 6.92 Å². The fourth-order valence-electron chi connectivity index (χ4n) is 2.10. The molecular weight excluding hydrogens is 290 g/mol. The molecule has 0 aliphatic heterocycles. The van der Waals surface area contributed by atoms with Crippen LogP contribution in [0.1, 0.15) is 13.8 Å². The molecule has 0 N–H and O–H groups in total. The van der Waals surface area contributed by atoms with Crippen LogP contribution in [-0.4, -0.2) is 16.9 Å². The summed E-state index contributed by atoms with van der Waals surface area (Å²) in [5.41, 5.74) is 0.889. The molecule has 1 heterocycles. The average Bonchev–Trinajstić information content (AvgIpc) is 2.56. The Morgan fingerprint density at radius 3 is 2.39 bits per heavy atom. The SMILES string of the molecule is CC(=O)C(C)Oc1ccc(Oc2ccc3ccccc3n2)cc1. The van der Waals surface area contributed by atoms with Crippen LogP contribution in [0.4, 0.5) is 0 Å². The molecule has 2 aromatic carbocycles. The summed E-state index contributed by atoms with van der Waals surface area (Å²) in [5, 5.41) is 1.07. The summed E-state index contributed by atoms with van der Waals surface area (Å²) in [6.07, 6.45) is -0.455. The Hall–Kier alpha value is -2.88. The van der Waals surface area contributed by atoms with Gasteiger partial charge in [-0.1, -0.05) is 18.2 Å². The van der Waals surface area contributed by atoms with Gasteiger partial charge in [-0.15, -0.1) is 0 Å². The Bertz CT molecular complexity index is 827. The lowest BCUT2D eigenvalue weighted by atomic mass is 10.2. The Labute approximate surface area is 134 Å². The number of hydrogen-bond acceptors (Lipinski definition) is 4. The first-order valence-electron chi connectivity index (χ1n) is 7.42. The molecule has 1 atom stereocenters. The van der Waals surface area contributed by atoms with E-state index in [-0.39, 0.29) is 5.78 Å². The molecule has 0 spiro atoms. The fourth-order valence-corrected chi connectivity index (χ4v) is 2.10. The molecule has 0 saturated carbocycles. The van der Waals surface area contributed by atoms with Crippen LogP contribution < -0.4 is 9.47 Å². The molecule has 1 unspecified atom stereocenters. The first-order chi connectivity index (χ1) is 11.1. The highest BCUT2D eigenvalue weighted by Gasteiger charge is 2.09. The minimum absolute atomic E-state index is 0.00862. The molecule has 0 fully saturated rings. The van der Waals surface area contributed by atoms with Gasteiger partial charge in [0.05, 0.1) is 5.52 Å². The molecule has 0 bridgehead atoms. The predicted molar refractivity (Wildman–Crippen MR) is 89.0 cm³/mol. The monoisotopic (exact) mass is 307 g/mol. The van der Waals surface area contributed by atoms with E-state index in [1.54, 1.807) is 31.2 Å².